The Labute approximate surface area is 214 Å². The molecular formula is C30H24N4OS. The fourth-order valence-corrected chi connectivity index (χ4v) is 5.93. The zero-order valence-corrected chi connectivity index (χ0v) is 20.8. The van der Waals surface area contributed by atoms with Gasteiger partial charge in [0, 0.05) is 23.6 Å². The lowest BCUT2D eigenvalue weighted by Crippen LogP contribution is -2.54. The Kier molecular flexibility index (Phi) is 5.46. The molecule has 0 amide bonds. The van der Waals surface area contributed by atoms with Crippen molar-refractivity contribution in [3.63, 3.8) is 0 Å². The normalized spacial score (nSPS) is 18.6. The minimum Gasteiger partial charge on any atom is -0.292 e. The Bertz CT molecular complexity index is 1500. The molecule has 4 aromatic carbocycles. The number of aryl methyl sites for hydroxylation is 1. The first-order valence-electron chi connectivity index (χ1n) is 11.8. The number of nitrogens with zero attached hydrogens (tertiary/aromatic N) is 4. The first-order valence-corrected chi connectivity index (χ1v) is 12.6. The summed E-state index contributed by atoms with van der Waals surface area (Å²) in [6, 6.07) is 36.8. The average molecular weight is 489 g/mol. The van der Waals surface area contributed by atoms with Gasteiger partial charge in [0.05, 0.1) is 17.1 Å². The second kappa shape index (κ2) is 8.81. The molecule has 0 saturated carbocycles. The third kappa shape index (κ3) is 3.53. The molecule has 2 aliphatic rings. The second-order valence-corrected chi connectivity index (χ2v) is 9.99. The maximum absolute atomic E-state index is 12.7. The van der Waals surface area contributed by atoms with Crippen molar-refractivity contribution in [2.45, 2.75) is 18.8 Å². The summed E-state index contributed by atoms with van der Waals surface area (Å²) in [4.78, 5) is 11.8. The van der Waals surface area contributed by atoms with Gasteiger partial charge in [0.25, 0.3) is 0 Å². The van der Waals surface area contributed by atoms with E-state index in [1.807, 2.05) is 82.8 Å². The van der Waals surface area contributed by atoms with E-state index in [1.165, 1.54) is 17.3 Å². The van der Waals surface area contributed by atoms with E-state index in [9.17, 15) is 4.79 Å². The summed E-state index contributed by atoms with van der Waals surface area (Å²) in [5.74, 6) is -0.0726. The van der Waals surface area contributed by atoms with Crippen LogP contribution in [0.5, 0.6) is 0 Å². The number of ketones is 1. The lowest BCUT2D eigenvalue weighted by molar-refractivity contribution is -0.110. The zero-order valence-electron chi connectivity index (χ0n) is 20.0. The predicted octanol–water partition coefficient (Wildman–Crippen LogP) is 6.53. The van der Waals surface area contributed by atoms with Gasteiger partial charge in [-0.05, 0) is 43.0 Å². The lowest BCUT2D eigenvalue weighted by atomic mass is 9.93. The largest absolute Gasteiger partial charge is 0.292 e. The highest BCUT2D eigenvalue weighted by molar-refractivity contribution is 8.17. The summed E-state index contributed by atoms with van der Waals surface area (Å²) in [6.45, 7) is 3.65. The van der Waals surface area contributed by atoms with E-state index in [2.05, 4.69) is 43.3 Å². The first-order chi connectivity index (χ1) is 17.6. The van der Waals surface area contributed by atoms with Gasteiger partial charge < -0.3 is 0 Å². The van der Waals surface area contributed by atoms with Crippen LogP contribution in [-0.2, 0) is 9.79 Å². The van der Waals surface area contributed by atoms with Crippen molar-refractivity contribution in [1.29, 1.82) is 0 Å². The van der Waals surface area contributed by atoms with E-state index >= 15 is 0 Å². The molecule has 0 aliphatic carbocycles. The van der Waals surface area contributed by atoms with Crippen molar-refractivity contribution in [1.82, 2.24) is 0 Å². The van der Waals surface area contributed by atoms with Crippen LogP contribution in [0.4, 0.5) is 11.4 Å². The molecule has 0 bridgehead atoms. The third-order valence-corrected chi connectivity index (χ3v) is 7.78. The Hall–Kier alpha value is -4.16. The van der Waals surface area contributed by atoms with Crippen LogP contribution in [0, 0.1) is 6.92 Å². The lowest BCUT2D eigenvalue weighted by Gasteiger charge is -2.47. The molecule has 0 N–H and O–H groups in total. The second-order valence-electron chi connectivity index (χ2n) is 8.83. The third-order valence-electron chi connectivity index (χ3n) is 6.36. The standard InChI is InChI=1S/C30H24N4OS/c1-21-17-19-23(20-18-21)28-26-15-9-10-16-27(26)30(33(31-28)24-11-5-3-6-12-24)34(25-13-7-4-8-14-25)32-29(36-30)22(2)35/h3-20H,1-2H3/t30-/m0/s1. The van der Waals surface area contributed by atoms with E-state index in [0.717, 1.165) is 33.8 Å². The summed E-state index contributed by atoms with van der Waals surface area (Å²) in [7, 11) is 0. The number of carbonyl (C=O) groups is 1. The van der Waals surface area contributed by atoms with Crippen molar-refractivity contribution in [3.8, 4) is 0 Å². The maximum Gasteiger partial charge on any atom is 0.234 e. The fourth-order valence-electron chi connectivity index (χ4n) is 4.64. The SMILES string of the molecule is CC(=O)C1=NN(c2ccccc2)[C@]2(S1)c1ccccc1C(c1ccc(C)cc1)=NN2c1ccccc1. The van der Waals surface area contributed by atoms with Gasteiger partial charge in [-0.3, -0.25) is 4.79 Å². The monoisotopic (exact) mass is 488 g/mol. The van der Waals surface area contributed by atoms with Gasteiger partial charge in [0.2, 0.25) is 4.99 Å². The molecule has 0 saturated heterocycles. The van der Waals surface area contributed by atoms with Crippen LogP contribution < -0.4 is 10.0 Å². The van der Waals surface area contributed by atoms with Crippen molar-refractivity contribution in [2.75, 3.05) is 10.0 Å². The quantitative estimate of drug-likeness (QED) is 0.328. The summed E-state index contributed by atoms with van der Waals surface area (Å²) >= 11 is 1.44. The number of hydrazone groups is 2. The average Bonchev–Trinajstić information content (AvgIpc) is 3.32. The summed E-state index contributed by atoms with van der Waals surface area (Å²) in [5, 5.41) is 14.6. The molecule has 1 spiro atoms. The number of anilines is 2. The van der Waals surface area contributed by atoms with Crippen LogP contribution in [0.15, 0.2) is 119 Å². The van der Waals surface area contributed by atoms with Crippen LogP contribution in [0.3, 0.4) is 0 Å². The van der Waals surface area contributed by atoms with Crippen LogP contribution >= 0.6 is 11.8 Å². The summed E-state index contributed by atoms with van der Waals surface area (Å²) < 4.78 is 0. The number of benzene rings is 4. The van der Waals surface area contributed by atoms with Crippen LogP contribution in [-0.4, -0.2) is 16.5 Å². The summed E-state index contributed by atoms with van der Waals surface area (Å²) in [6.07, 6.45) is 0. The molecule has 0 radical (unpaired) electrons. The number of para-hydroxylation sites is 2. The molecule has 4 aromatic rings. The summed E-state index contributed by atoms with van der Waals surface area (Å²) in [5.41, 5.74) is 6.93. The molecule has 0 fully saturated rings. The van der Waals surface area contributed by atoms with E-state index in [0.29, 0.717) is 5.04 Å². The van der Waals surface area contributed by atoms with Crippen LogP contribution in [0.2, 0.25) is 0 Å². The molecule has 0 aromatic heterocycles. The molecule has 2 heterocycles. The Morgan fingerprint density at radius 3 is 1.89 bits per heavy atom. The van der Waals surface area contributed by atoms with Crippen LogP contribution in [0.1, 0.15) is 29.2 Å². The molecule has 0 unspecified atom stereocenters. The zero-order chi connectivity index (χ0) is 24.7. The number of Topliss-reactive ketones (excluding diaryl/α,β-unsaturated/α-hetero) is 1. The highest BCUT2D eigenvalue weighted by Gasteiger charge is 2.55. The topological polar surface area (TPSA) is 48.3 Å². The fraction of sp³-hybridized carbons (Fsp3) is 0.100. The first kappa shape index (κ1) is 22.3. The molecule has 36 heavy (non-hydrogen) atoms. The molecule has 6 heteroatoms. The van der Waals surface area contributed by atoms with Crippen LogP contribution in [0.25, 0.3) is 0 Å². The van der Waals surface area contributed by atoms with Crippen molar-refractivity contribution >= 4 is 39.7 Å². The van der Waals surface area contributed by atoms with Gasteiger partial charge >= 0.3 is 0 Å². The molecule has 2 aliphatic heterocycles. The highest BCUT2D eigenvalue weighted by Crippen LogP contribution is 2.54. The number of carbonyl (C=O) groups excluding carboxylic acids is 1. The molecule has 176 valence electrons. The molecular weight excluding hydrogens is 464 g/mol. The van der Waals surface area contributed by atoms with E-state index < -0.39 is 4.99 Å². The number of hydrogen-bond acceptors (Lipinski definition) is 6. The van der Waals surface area contributed by atoms with Gasteiger partial charge in [-0.25, -0.2) is 10.0 Å². The predicted molar refractivity (Wildman–Crippen MR) is 148 cm³/mol. The number of rotatable bonds is 4. The highest BCUT2D eigenvalue weighted by atomic mass is 32.2. The van der Waals surface area contributed by atoms with Crippen molar-refractivity contribution in [2.24, 2.45) is 10.2 Å². The van der Waals surface area contributed by atoms with Crippen molar-refractivity contribution in [3.05, 3.63) is 131 Å². The number of hydrogen-bond donors (Lipinski definition) is 0. The molecule has 5 nitrogen and oxygen atoms in total. The Morgan fingerprint density at radius 2 is 1.28 bits per heavy atom. The van der Waals surface area contributed by atoms with E-state index in [1.54, 1.807) is 6.92 Å². The van der Waals surface area contributed by atoms with Gasteiger partial charge in [-0.1, -0.05) is 90.5 Å². The molecule has 6 rings (SSSR count). The van der Waals surface area contributed by atoms with E-state index in [-0.39, 0.29) is 5.78 Å². The maximum atomic E-state index is 12.7. The minimum atomic E-state index is -0.922. The van der Waals surface area contributed by atoms with Gasteiger partial charge in [0.15, 0.2) is 10.8 Å². The smallest absolute Gasteiger partial charge is 0.234 e. The van der Waals surface area contributed by atoms with E-state index in [4.69, 9.17) is 10.2 Å². The van der Waals surface area contributed by atoms with Gasteiger partial charge in [-0.15, -0.1) is 0 Å². The number of fused-ring (bicyclic) bond motifs is 2. The van der Waals surface area contributed by atoms with Gasteiger partial charge in [-0.2, -0.15) is 10.2 Å². The Morgan fingerprint density at radius 1 is 0.722 bits per heavy atom. The Balaban J connectivity index is 1.66. The number of thioether (sulfide) groups is 1. The van der Waals surface area contributed by atoms with Crippen molar-refractivity contribution < 1.29 is 4.79 Å². The van der Waals surface area contributed by atoms with Gasteiger partial charge in [0.1, 0.15) is 0 Å². The minimum absolute atomic E-state index is 0.0726. The molecule has 1 atom stereocenters.